The van der Waals surface area contributed by atoms with Gasteiger partial charge in [0, 0.05) is 12.1 Å². The van der Waals surface area contributed by atoms with Crippen LogP contribution >= 0.6 is 0 Å². The number of hydrogen-bond donors (Lipinski definition) is 2. The maximum absolute atomic E-state index is 12.1. The summed E-state index contributed by atoms with van der Waals surface area (Å²) in [4.78, 5) is 15.0. The minimum Gasteiger partial charge on any atom is -0.493 e. The number of hydrogen-bond acceptors (Lipinski definition) is 3. The lowest BCUT2D eigenvalue weighted by Gasteiger charge is -2.20. The molecule has 0 radical (unpaired) electrons. The Morgan fingerprint density at radius 1 is 1.37 bits per heavy atom. The normalized spacial score (nSPS) is 13.9. The third-order valence-corrected chi connectivity index (χ3v) is 3.47. The largest absolute Gasteiger partial charge is 0.493 e. The van der Waals surface area contributed by atoms with E-state index < -0.39 is 0 Å². The standard InChI is InChI=1S/C15H18N2O2/c1-2-9-19-12-7-3-6-11-13(12)14-10(15(18)17-11)5-4-8-16-14/h3,6-7,16H,2,4-5,8-9H2,1H3,(H,17,18). The van der Waals surface area contributed by atoms with Crippen molar-refractivity contribution in [1.29, 1.82) is 0 Å². The molecule has 0 fully saturated rings. The second kappa shape index (κ2) is 4.96. The van der Waals surface area contributed by atoms with E-state index >= 15 is 0 Å². The van der Waals surface area contributed by atoms with Crippen molar-refractivity contribution in [2.24, 2.45) is 0 Å². The maximum Gasteiger partial charge on any atom is 0.253 e. The maximum atomic E-state index is 12.1. The summed E-state index contributed by atoms with van der Waals surface area (Å²) in [6, 6.07) is 5.80. The van der Waals surface area contributed by atoms with Crippen molar-refractivity contribution in [3.05, 3.63) is 34.1 Å². The van der Waals surface area contributed by atoms with Gasteiger partial charge in [0.25, 0.3) is 5.56 Å². The predicted molar refractivity (Wildman–Crippen MR) is 77.2 cm³/mol. The summed E-state index contributed by atoms with van der Waals surface area (Å²) in [5, 5.41) is 4.37. The SMILES string of the molecule is CCCOc1cccc2[nH]c(=O)c3c(c12)NCCC3. The number of pyridine rings is 1. The van der Waals surface area contributed by atoms with Crippen LogP contribution in [0.2, 0.25) is 0 Å². The summed E-state index contributed by atoms with van der Waals surface area (Å²) in [7, 11) is 0. The van der Waals surface area contributed by atoms with Crippen molar-refractivity contribution in [3.8, 4) is 5.75 Å². The Bertz CT molecular complexity index is 661. The number of nitrogens with one attached hydrogen (secondary N) is 2. The zero-order chi connectivity index (χ0) is 13.2. The Kier molecular flexibility index (Phi) is 3.15. The molecule has 0 atom stereocenters. The Morgan fingerprint density at radius 3 is 3.11 bits per heavy atom. The van der Waals surface area contributed by atoms with E-state index in [4.69, 9.17) is 4.74 Å². The van der Waals surface area contributed by atoms with Gasteiger partial charge in [0.2, 0.25) is 0 Å². The van der Waals surface area contributed by atoms with Gasteiger partial charge in [-0.1, -0.05) is 13.0 Å². The van der Waals surface area contributed by atoms with Crippen LogP contribution in [0.15, 0.2) is 23.0 Å². The summed E-state index contributed by atoms with van der Waals surface area (Å²) in [6.07, 6.45) is 2.80. The van der Waals surface area contributed by atoms with Gasteiger partial charge in [-0.2, -0.15) is 0 Å². The van der Waals surface area contributed by atoms with Crippen molar-refractivity contribution in [3.63, 3.8) is 0 Å². The van der Waals surface area contributed by atoms with E-state index in [-0.39, 0.29) is 5.56 Å². The number of fused-ring (bicyclic) bond motifs is 3. The van der Waals surface area contributed by atoms with Gasteiger partial charge in [0.15, 0.2) is 0 Å². The molecule has 1 aromatic heterocycles. The molecule has 0 bridgehead atoms. The number of anilines is 1. The Balaban J connectivity index is 2.25. The lowest BCUT2D eigenvalue weighted by atomic mass is 10.0. The fraction of sp³-hybridized carbons (Fsp3) is 0.400. The van der Waals surface area contributed by atoms with Crippen LogP contribution in [0.5, 0.6) is 5.75 Å². The third kappa shape index (κ3) is 2.07. The van der Waals surface area contributed by atoms with Crippen LogP contribution in [-0.4, -0.2) is 18.1 Å². The average molecular weight is 258 g/mol. The summed E-state index contributed by atoms with van der Waals surface area (Å²) < 4.78 is 5.81. The van der Waals surface area contributed by atoms with Gasteiger partial charge in [0.1, 0.15) is 5.75 Å². The Hall–Kier alpha value is -1.97. The number of benzene rings is 1. The molecule has 0 unspecified atom stereocenters. The second-order valence-corrected chi connectivity index (χ2v) is 4.87. The van der Waals surface area contributed by atoms with Crippen molar-refractivity contribution in [2.45, 2.75) is 26.2 Å². The molecule has 3 rings (SSSR count). The zero-order valence-electron chi connectivity index (χ0n) is 11.1. The van der Waals surface area contributed by atoms with Crippen LogP contribution in [0.4, 0.5) is 5.69 Å². The first-order valence-corrected chi connectivity index (χ1v) is 6.86. The molecule has 0 saturated carbocycles. The van der Waals surface area contributed by atoms with Crippen LogP contribution in [0, 0.1) is 0 Å². The molecular formula is C15H18N2O2. The van der Waals surface area contributed by atoms with Crippen LogP contribution in [0.25, 0.3) is 10.9 Å². The summed E-state index contributed by atoms with van der Waals surface area (Å²) in [5.41, 5.74) is 2.66. The molecule has 19 heavy (non-hydrogen) atoms. The van der Waals surface area contributed by atoms with Gasteiger partial charge in [0.05, 0.1) is 23.2 Å². The highest BCUT2D eigenvalue weighted by molar-refractivity contribution is 5.98. The summed E-state index contributed by atoms with van der Waals surface area (Å²) >= 11 is 0. The van der Waals surface area contributed by atoms with E-state index in [9.17, 15) is 4.79 Å². The minimum absolute atomic E-state index is 0.0161. The first-order chi connectivity index (χ1) is 9.31. The fourth-order valence-corrected chi connectivity index (χ4v) is 2.60. The molecule has 0 aliphatic carbocycles. The molecule has 1 aliphatic rings. The molecule has 0 spiro atoms. The number of ether oxygens (including phenoxy) is 1. The lowest BCUT2D eigenvalue weighted by Crippen LogP contribution is -2.22. The topological polar surface area (TPSA) is 54.1 Å². The highest BCUT2D eigenvalue weighted by Gasteiger charge is 2.18. The molecule has 0 amide bonds. The minimum atomic E-state index is 0.0161. The monoisotopic (exact) mass is 258 g/mol. The molecule has 0 saturated heterocycles. The average Bonchev–Trinajstić information content (AvgIpc) is 2.45. The highest BCUT2D eigenvalue weighted by Crippen LogP contribution is 2.34. The lowest BCUT2D eigenvalue weighted by molar-refractivity contribution is 0.321. The molecule has 4 nitrogen and oxygen atoms in total. The Labute approximate surface area is 111 Å². The van der Waals surface area contributed by atoms with Crippen molar-refractivity contribution in [1.82, 2.24) is 4.98 Å². The van der Waals surface area contributed by atoms with E-state index in [2.05, 4.69) is 17.2 Å². The van der Waals surface area contributed by atoms with Gasteiger partial charge in [-0.05, 0) is 31.4 Å². The number of rotatable bonds is 3. The third-order valence-electron chi connectivity index (χ3n) is 3.47. The van der Waals surface area contributed by atoms with Gasteiger partial charge in [-0.3, -0.25) is 4.79 Å². The van der Waals surface area contributed by atoms with Crippen LogP contribution < -0.4 is 15.6 Å². The van der Waals surface area contributed by atoms with E-state index in [0.717, 1.165) is 53.7 Å². The highest BCUT2D eigenvalue weighted by atomic mass is 16.5. The quantitative estimate of drug-likeness (QED) is 0.890. The molecule has 2 N–H and O–H groups in total. The van der Waals surface area contributed by atoms with E-state index in [1.54, 1.807) is 0 Å². The van der Waals surface area contributed by atoms with Crippen LogP contribution in [0.3, 0.4) is 0 Å². The molecular weight excluding hydrogens is 240 g/mol. The Morgan fingerprint density at radius 2 is 2.26 bits per heavy atom. The fourth-order valence-electron chi connectivity index (χ4n) is 2.60. The van der Waals surface area contributed by atoms with Crippen molar-refractivity contribution < 1.29 is 4.74 Å². The predicted octanol–water partition coefficient (Wildman–Crippen LogP) is 2.68. The molecule has 1 aliphatic heterocycles. The first-order valence-electron chi connectivity index (χ1n) is 6.86. The van der Waals surface area contributed by atoms with Crippen LogP contribution in [-0.2, 0) is 6.42 Å². The van der Waals surface area contributed by atoms with E-state index in [0.29, 0.717) is 6.61 Å². The van der Waals surface area contributed by atoms with Crippen molar-refractivity contribution in [2.75, 3.05) is 18.5 Å². The molecule has 2 heterocycles. The first kappa shape index (κ1) is 12.1. The van der Waals surface area contributed by atoms with E-state index in [1.165, 1.54) is 0 Å². The van der Waals surface area contributed by atoms with Crippen LogP contribution in [0.1, 0.15) is 25.3 Å². The van der Waals surface area contributed by atoms with Crippen molar-refractivity contribution >= 4 is 16.6 Å². The number of H-pyrrole nitrogens is 1. The van der Waals surface area contributed by atoms with Gasteiger partial charge < -0.3 is 15.0 Å². The smallest absolute Gasteiger partial charge is 0.253 e. The summed E-state index contributed by atoms with van der Waals surface area (Å²) in [5.74, 6) is 0.848. The molecule has 2 aromatic rings. The van der Waals surface area contributed by atoms with Gasteiger partial charge in [-0.25, -0.2) is 0 Å². The number of aromatic nitrogens is 1. The van der Waals surface area contributed by atoms with Gasteiger partial charge in [-0.15, -0.1) is 0 Å². The summed E-state index contributed by atoms with van der Waals surface area (Å²) in [6.45, 7) is 3.68. The molecule has 1 aromatic carbocycles. The second-order valence-electron chi connectivity index (χ2n) is 4.87. The van der Waals surface area contributed by atoms with Gasteiger partial charge >= 0.3 is 0 Å². The zero-order valence-corrected chi connectivity index (χ0v) is 11.1. The molecule has 4 heteroatoms. The van der Waals surface area contributed by atoms with E-state index in [1.807, 2.05) is 18.2 Å². The number of aromatic amines is 1. The molecule has 100 valence electrons.